The van der Waals surface area contributed by atoms with Gasteiger partial charge < -0.3 is 14.8 Å². The summed E-state index contributed by atoms with van der Waals surface area (Å²) in [6, 6.07) is 5.96. The molecular formula is C23H32N4O2. The van der Waals surface area contributed by atoms with E-state index in [1.54, 1.807) is 0 Å². The summed E-state index contributed by atoms with van der Waals surface area (Å²) in [6.45, 7) is 10.3. The molecule has 156 valence electrons. The zero-order valence-electron chi connectivity index (χ0n) is 18.0. The zero-order chi connectivity index (χ0) is 21.0. The first kappa shape index (κ1) is 21.1. The standard InChI is InChI=1S/C23H32N4O2/c1-5-10-26(11-6-2)23(29)20-19-9-7-8-12-27(19)21(25-20)22(28)24-18-14-16(3)13-17(4)15-18/h13-15H,5-12H2,1-4H3,(H,24,28). The van der Waals surface area contributed by atoms with E-state index >= 15 is 0 Å². The Hall–Kier alpha value is -2.63. The first-order valence-corrected chi connectivity index (χ1v) is 10.7. The van der Waals surface area contributed by atoms with Gasteiger partial charge in [-0.2, -0.15) is 0 Å². The molecule has 0 radical (unpaired) electrons. The summed E-state index contributed by atoms with van der Waals surface area (Å²) in [6.07, 6.45) is 4.61. The molecule has 6 heteroatoms. The molecule has 0 saturated heterocycles. The van der Waals surface area contributed by atoms with Crippen LogP contribution < -0.4 is 5.32 Å². The van der Waals surface area contributed by atoms with Gasteiger partial charge in [-0.25, -0.2) is 4.98 Å². The van der Waals surface area contributed by atoms with Crippen LogP contribution in [0.4, 0.5) is 5.69 Å². The molecule has 3 rings (SSSR count). The van der Waals surface area contributed by atoms with Crippen LogP contribution in [0.25, 0.3) is 0 Å². The van der Waals surface area contributed by atoms with Crippen molar-refractivity contribution in [1.29, 1.82) is 0 Å². The highest BCUT2D eigenvalue weighted by atomic mass is 16.2. The van der Waals surface area contributed by atoms with Crippen molar-refractivity contribution < 1.29 is 9.59 Å². The van der Waals surface area contributed by atoms with Crippen LogP contribution in [0.5, 0.6) is 0 Å². The van der Waals surface area contributed by atoms with Gasteiger partial charge in [-0.15, -0.1) is 0 Å². The van der Waals surface area contributed by atoms with Crippen LogP contribution in [0.15, 0.2) is 18.2 Å². The van der Waals surface area contributed by atoms with Gasteiger partial charge in [0.2, 0.25) is 0 Å². The number of amides is 2. The van der Waals surface area contributed by atoms with Crippen LogP contribution in [0, 0.1) is 13.8 Å². The van der Waals surface area contributed by atoms with Crippen LogP contribution in [-0.2, 0) is 13.0 Å². The number of fused-ring (bicyclic) bond motifs is 1. The van der Waals surface area contributed by atoms with E-state index < -0.39 is 0 Å². The molecule has 6 nitrogen and oxygen atoms in total. The average molecular weight is 397 g/mol. The predicted molar refractivity (Wildman–Crippen MR) is 116 cm³/mol. The minimum absolute atomic E-state index is 0.0511. The summed E-state index contributed by atoms with van der Waals surface area (Å²) in [7, 11) is 0. The molecule has 0 fully saturated rings. The molecule has 1 aliphatic rings. The summed E-state index contributed by atoms with van der Waals surface area (Å²) >= 11 is 0. The van der Waals surface area contributed by atoms with Crippen molar-refractivity contribution in [3.8, 4) is 0 Å². The first-order valence-electron chi connectivity index (χ1n) is 10.7. The Morgan fingerprint density at radius 2 is 1.72 bits per heavy atom. The second-order valence-corrected chi connectivity index (χ2v) is 7.96. The van der Waals surface area contributed by atoms with Crippen molar-refractivity contribution in [1.82, 2.24) is 14.5 Å². The Morgan fingerprint density at radius 3 is 2.34 bits per heavy atom. The molecule has 0 unspecified atom stereocenters. The van der Waals surface area contributed by atoms with Crippen LogP contribution in [0.2, 0.25) is 0 Å². The Balaban J connectivity index is 1.93. The van der Waals surface area contributed by atoms with E-state index in [1.165, 1.54) is 0 Å². The Labute approximate surface area is 173 Å². The minimum Gasteiger partial charge on any atom is -0.337 e. The number of aryl methyl sites for hydroxylation is 2. The number of anilines is 1. The molecule has 0 spiro atoms. The summed E-state index contributed by atoms with van der Waals surface area (Å²) in [5, 5.41) is 2.97. The predicted octanol–water partition coefficient (Wildman–Crippen LogP) is 4.35. The van der Waals surface area contributed by atoms with Gasteiger partial charge in [0, 0.05) is 25.3 Å². The molecule has 29 heavy (non-hydrogen) atoms. The molecule has 0 aliphatic carbocycles. The van der Waals surface area contributed by atoms with E-state index in [1.807, 2.05) is 35.4 Å². The normalized spacial score (nSPS) is 13.1. The fourth-order valence-electron chi connectivity index (χ4n) is 4.13. The molecule has 1 aromatic carbocycles. The fourth-order valence-corrected chi connectivity index (χ4v) is 4.13. The number of nitrogens with one attached hydrogen (secondary N) is 1. The SMILES string of the molecule is CCCN(CCC)C(=O)c1nc(C(=O)Nc2cc(C)cc(C)c2)n2c1CCCC2. The van der Waals surface area contributed by atoms with Crippen LogP contribution in [0.3, 0.4) is 0 Å². The van der Waals surface area contributed by atoms with E-state index in [4.69, 9.17) is 0 Å². The average Bonchev–Trinajstić information content (AvgIpc) is 3.06. The van der Waals surface area contributed by atoms with Crippen LogP contribution in [-0.4, -0.2) is 39.4 Å². The molecule has 0 atom stereocenters. The molecule has 2 aromatic rings. The number of benzene rings is 1. The van der Waals surface area contributed by atoms with E-state index in [0.717, 1.165) is 61.2 Å². The van der Waals surface area contributed by atoms with Crippen molar-refractivity contribution >= 4 is 17.5 Å². The van der Waals surface area contributed by atoms with Gasteiger partial charge in [-0.05, 0) is 69.2 Å². The van der Waals surface area contributed by atoms with E-state index in [9.17, 15) is 9.59 Å². The fraction of sp³-hybridized carbons (Fsp3) is 0.522. The second kappa shape index (κ2) is 9.25. The van der Waals surface area contributed by atoms with Gasteiger partial charge in [-0.1, -0.05) is 19.9 Å². The third-order valence-corrected chi connectivity index (χ3v) is 5.28. The van der Waals surface area contributed by atoms with Gasteiger partial charge in [0.15, 0.2) is 5.82 Å². The van der Waals surface area contributed by atoms with Crippen LogP contribution in [0.1, 0.15) is 77.5 Å². The minimum atomic E-state index is -0.255. The van der Waals surface area contributed by atoms with Crippen molar-refractivity contribution in [2.75, 3.05) is 18.4 Å². The highest BCUT2D eigenvalue weighted by Crippen LogP contribution is 2.24. The van der Waals surface area contributed by atoms with Gasteiger partial charge >= 0.3 is 0 Å². The largest absolute Gasteiger partial charge is 0.337 e. The van der Waals surface area contributed by atoms with Crippen molar-refractivity contribution in [2.45, 2.75) is 66.3 Å². The van der Waals surface area contributed by atoms with Gasteiger partial charge in [0.25, 0.3) is 11.8 Å². The number of carbonyl (C=O) groups is 2. The molecule has 0 bridgehead atoms. The van der Waals surface area contributed by atoms with Crippen molar-refractivity contribution in [3.05, 3.63) is 46.5 Å². The second-order valence-electron chi connectivity index (χ2n) is 7.96. The summed E-state index contributed by atoms with van der Waals surface area (Å²) in [5.74, 6) is 0.0367. The maximum atomic E-state index is 13.2. The number of hydrogen-bond acceptors (Lipinski definition) is 3. The highest BCUT2D eigenvalue weighted by Gasteiger charge is 2.29. The molecule has 1 aliphatic heterocycles. The third-order valence-electron chi connectivity index (χ3n) is 5.28. The molecule has 2 amide bonds. The summed E-state index contributed by atoms with van der Waals surface area (Å²) in [5.41, 5.74) is 4.31. The molecule has 1 N–H and O–H groups in total. The van der Waals surface area contributed by atoms with Gasteiger partial charge in [0.1, 0.15) is 5.69 Å². The monoisotopic (exact) mass is 396 g/mol. The summed E-state index contributed by atoms with van der Waals surface area (Å²) < 4.78 is 1.95. The molecular weight excluding hydrogens is 364 g/mol. The number of nitrogens with zero attached hydrogens (tertiary/aromatic N) is 3. The van der Waals surface area contributed by atoms with Gasteiger partial charge in [-0.3, -0.25) is 9.59 Å². The van der Waals surface area contributed by atoms with E-state index in [0.29, 0.717) is 24.6 Å². The lowest BCUT2D eigenvalue weighted by Crippen LogP contribution is -2.33. The van der Waals surface area contributed by atoms with E-state index in [-0.39, 0.29) is 11.8 Å². The lowest BCUT2D eigenvalue weighted by Gasteiger charge is -2.22. The molecule has 2 heterocycles. The molecule has 0 saturated carbocycles. The number of carbonyl (C=O) groups excluding carboxylic acids is 2. The lowest BCUT2D eigenvalue weighted by molar-refractivity contribution is 0.0748. The summed E-state index contributed by atoms with van der Waals surface area (Å²) in [4.78, 5) is 32.7. The van der Waals surface area contributed by atoms with Crippen LogP contribution >= 0.6 is 0 Å². The maximum absolute atomic E-state index is 13.2. The Morgan fingerprint density at radius 1 is 1.07 bits per heavy atom. The number of aromatic nitrogens is 2. The quantitative estimate of drug-likeness (QED) is 0.756. The highest BCUT2D eigenvalue weighted by molar-refractivity contribution is 6.03. The smallest absolute Gasteiger partial charge is 0.291 e. The third kappa shape index (κ3) is 4.69. The lowest BCUT2D eigenvalue weighted by atomic mass is 10.1. The Kier molecular flexibility index (Phi) is 6.72. The first-order chi connectivity index (χ1) is 13.9. The number of imidazole rings is 1. The van der Waals surface area contributed by atoms with Gasteiger partial charge in [0.05, 0.1) is 5.69 Å². The molecule has 1 aromatic heterocycles. The maximum Gasteiger partial charge on any atom is 0.291 e. The topological polar surface area (TPSA) is 67.2 Å². The van der Waals surface area contributed by atoms with E-state index in [2.05, 4.69) is 30.2 Å². The van der Waals surface area contributed by atoms with Crippen molar-refractivity contribution in [3.63, 3.8) is 0 Å². The Bertz CT molecular complexity index is 874. The van der Waals surface area contributed by atoms with Crippen molar-refractivity contribution in [2.24, 2.45) is 0 Å². The number of rotatable bonds is 7. The number of hydrogen-bond donors (Lipinski definition) is 1. The zero-order valence-corrected chi connectivity index (χ0v) is 18.0.